The molecule has 11 nitrogen and oxygen atoms in total. The molecule has 3 aromatic carbocycles. The van der Waals surface area contributed by atoms with Gasteiger partial charge in [0.05, 0.1) is 10.8 Å². The second-order valence-corrected chi connectivity index (χ2v) is 10.5. The number of esters is 1. The molecule has 0 fully saturated rings. The number of ether oxygens (including phenoxy) is 3. The Kier molecular flexibility index (Phi) is 8.86. The predicted molar refractivity (Wildman–Crippen MR) is 146 cm³/mol. The quantitative estimate of drug-likeness (QED) is 0.163. The molecule has 0 aliphatic heterocycles. The summed E-state index contributed by atoms with van der Waals surface area (Å²) in [4.78, 5) is 53.4. The zero-order valence-corrected chi connectivity index (χ0v) is 22.9. The molecule has 11 heteroatoms. The molecule has 1 N–H and O–H groups in total. The normalized spacial score (nSPS) is 14.3. The second kappa shape index (κ2) is 12.5. The molecular weight excluding hydrogens is 532 g/mol. The monoisotopic (exact) mass is 562 g/mol. The molecule has 1 amide bonds. The molecule has 0 radical (unpaired) electrons. The van der Waals surface area contributed by atoms with Crippen LogP contribution in [0, 0.1) is 16.0 Å². The third kappa shape index (κ3) is 7.81. The highest BCUT2D eigenvalue weighted by molar-refractivity contribution is 5.93. The number of rotatable bonds is 7. The third-order valence-corrected chi connectivity index (χ3v) is 6.24. The lowest BCUT2D eigenvalue weighted by Crippen LogP contribution is -2.36. The van der Waals surface area contributed by atoms with Crippen molar-refractivity contribution in [3.8, 4) is 11.5 Å². The maximum absolute atomic E-state index is 13.0. The maximum Gasteiger partial charge on any atom is 0.441 e. The van der Waals surface area contributed by atoms with E-state index in [-0.39, 0.29) is 30.0 Å². The lowest BCUT2D eigenvalue weighted by Gasteiger charge is -2.25. The first-order chi connectivity index (χ1) is 19.5. The minimum atomic E-state index is -0.879. The van der Waals surface area contributed by atoms with Gasteiger partial charge in [-0.1, -0.05) is 42.5 Å². The number of nitrogens with zero attached hydrogens (tertiary/aromatic N) is 1. The molecule has 1 aliphatic rings. The Bertz CT molecular complexity index is 1450. The fourth-order valence-electron chi connectivity index (χ4n) is 4.33. The van der Waals surface area contributed by atoms with Crippen molar-refractivity contribution in [2.45, 2.75) is 52.2 Å². The van der Waals surface area contributed by atoms with Gasteiger partial charge in [0.1, 0.15) is 29.3 Å². The second-order valence-electron chi connectivity index (χ2n) is 10.5. The van der Waals surface area contributed by atoms with Crippen LogP contribution in [0.2, 0.25) is 0 Å². The largest absolute Gasteiger partial charge is 0.457 e. The minimum Gasteiger partial charge on any atom is -0.457 e. The lowest BCUT2D eigenvalue weighted by atomic mass is 9.83. The molecular formula is C30H30N2O9. The van der Waals surface area contributed by atoms with Crippen molar-refractivity contribution in [3.63, 3.8) is 0 Å². The van der Waals surface area contributed by atoms with E-state index < -0.39 is 34.5 Å². The van der Waals surface area contributed by atoms with Crippen LogP contribution in [0.4, 0.5) is 10.5 Å². The molecule has 4 rings (SSSR count). The fourth-order valence-corrected chi connectivity index (χ4v) is 4.33. The average molecular weight is 563 g/mol. The van der Waals surface area contributed by atoms with E-state index in [1.54, 1.807) is 57.2 Å². The summed E-state index contributed by atoms with van der Waals surface area (Å²) >= 11 is 0. The highest BCUT2D eigenvalue weighted by atomic mass is 16.7. The third-order valence-electron chi connectivity index (χ3n) is 6.24. The van der Waals surface area contributed by atoms with Crippen LogP contribution in [0.5, 0.6) is 11.5 Å². The minimum absolute atomic E-state index is 0.0241. The van der Waals surface area contributed by atoms with Crippen LogP contribution in [0.25, 0.3) is 0 Å². The number of carbonyl (C=O) groups is 3. The summed E-state index contributed by atoms with van der Waals surface area (Å²) in [5.41, 5.74) is 3.29. The number of nitro benzene ring substituents is 1. The number of amides is 1. The zero-order chi connectivity index (χ0) is 29.6. The number of hydroxylamine groups is 1. The van der Waals surface area contributed by atoms with E-state index in [1.807, 2.05) is 17.6 Å². The summed E-state index contributed by atoms with van der Waals surface area (Å²) in [6.45, 7) is 5.04. The van der Waals surface area contributed by atoms with Crippen molar-refractivity contribution in [2.75, 3.05) is 0 Å². The number of benzene rings is 3. The van der Waals surface area contributed by atoms with Gasteiger partial charge in [0.25, 0.3) is 5.69 Å². The van der Waals surface area contributed by atoms with E-state index in [0.717, 1.165) is 22.8 Å². The first kappa shape index (κ1) is 29.1. The molecule has 214 valence electrons. The molecule has 1 atom stereocenters. The van der Waals surface area contributed by atoms with Crippen molar-refractivity contribution in [2.24, 2.45) is 5.92 Å². The molecule has 0 spiro atoms. The molecule has 0 aromatic heterocycles. The summed E-state index contributed by atoms with van der Waals surface area (Å²) in [7, 11) is 0. The number of nitrogens with one attached hydrogen (secondary N) is 1. The summed E-state index contributed by atoms with van der Waals surface area (Å²) < 4.78 is 16.6. The highest BCUT2D eigenvalue weighted by Gasteiger charge is 2.30. The van der Waals surface area contributed by atoms with Gasteiger partial charge in [0.15, 0.2) is 0 Å². The summed E-state index contributed by atoms with van der Waals surface area (Å²) in [6.07, 6.45) is 0.405. The maximum atomic E-state index is 13.0. The van der Waals surface area contributed by atoms with Crippen LogP contribution in [0.15, 0.2) is 66.7 Å². The van der Waals surface area contributed by atoms with Gasteiger partial charge in [-0.15, -0.1) is 5.48 Å². The predicted octanol–water partition coefficient (Wildman–Crippen LogP) is 5.83. The van der Waals surface area contributed by atoms with Crippen molar-refractivity contribution in [1.29, 1.82) is 0 Å². The van der Waals surface area contributed by atoms with Gasteiger partial charge < -0.3 is 19.0 Å². The van der Waals surface area contributed by atoms with Gasteiger partial charge in [0, 0.05) is 12.1 Å². The molecule has 0 unspecified atom stereocenters. The summed E-state index contributed by atoms with van der Waals surface area (Å²) in [6, 6.07) is 18.1. The van der Waals surface area contributed by atoms with Crippen molar-refractivity contribution in [3.05, 3.63) is 99.1 Å². The van der Waals surface area contributed by atoms with Crippen molar-refractivity contribution in [1.82, 2.24) is 5.48 Å². The Labute approximate surface area is 236 Å². The molecule has 0 saturated carbocycles. The van der Waals surface area contributed by atoms with Crippen LogP contribution < -0.4 is 10.2 Å². The molecule has 0 heterocycles. The Morgan fingerprint density at radius 2 is 1.76 bits per heavy atom. The highest BCUT2D eigenvalue weighted by Crippen LogP contribution is 2.37. The zero-order valence-electron chi connectivity index (χ0n) is 22.9. The van der Waals surface area contributed by atoms with E-state index in [2.05, 4.69) is 0 Å². The number of hydrogen-bond donors (Lipinski definition) is 1. The first-order valence-electron chi connectivity index (χ1n) is 13.0. The van der Waals surface area contributed by atoms with Gasteiger partial charge in [-0.3, -0.25) is 10.1 Å². The standard InChI is InChI=1S/C30H30N2O9/c1-30(2,3)40-29(35)31-41-27(33)21-13-12-20-10-7-11-25(23(20)16-21)39-26-15-14-22(32(36)37)17-24(26)28(34)38-18-19-8-5-4-6-9-19/h4-11,14-15,17,21H,12-13,16,18H2,1-3H3,(H,31,35)/t21-/m0/s1. The summed E-state index contributed by atoms with van der Waals surface area (Å²) in [5, 5.41) is 11.4. The summed E-state index contributed by atoms with van der Waals surface area (Å²) in [5.74, 6) is -1.54. The van der Waals surface area contributed by atoms with Crippen LogP contribution in [0.1, 0.15) is 54.2 Å². The smallest absolute Gasteiger partial charge is 0.441 e. The average Bonchev–Trinajstić information content (AvgIpc) is 2.94. The Balaban J connectivity index is 1.52. The number of hydrogen-bond acceptors (Lipinski definition) is 9. The van der Waals surface area contributed by atoms with Crippen LogP contribution >= 0.6 is 0 Å². The topological polar surface area (TPSA) is 143 Å². The Hall–Kier alpha value is -4.93. The van der Waals surface area contributed by atoms with Crippen molar-refractivity contribution >= 4 is 23.7 Å². The van der Waals surface area contributed by atoms with Gasteiger partial charge in [-0.2, -0.15) is 0 Å². The molecule has 3 aromatic rings. The molecule has 0 saturated heterocycles. The Morgan fingerprint density at radius 1 is 1.00 bits per heavy atom. The number of carbonyl (C=O) groups excluding carboxylic acids is 3. The van der Waals surface area contributed by atoms with E-state index in [0.29, 0.717) is 18.6 Å². The van der Waals surface area contributed by atoms with Crippen molar-refractivity contribution < 1.29 is 38.4 Å². The fraction of sp³-hybridized carbons (Fsp3) is 0.300. The molecule has 1 aliphatic carbocycles. The number of fused-ring (bicyclic) bond motifs is 1. The molecule has 0 bridgehead atoms. The molecule has 41 heavy (non-hydrogen) atoms. The van der Waals surface area contributed by atoms with E-state index in [9.17, 15) is 24.5 Å². The van der Waals surface area contributed by atoms with Gasteiger partial charge >= 0.3 is 18.0 Å². The van der Waals surface area contributed by atoms with Gasteiger partial charge in [0.2, 0.25) is 0 Å². The van der Waals surface area contributed by atoms with E-state index in [4.69, 9.17) is 19.0 Å². The number of nitro groups is 1. The van der Waals surface area contributed by atoms with Crippen LogP contribution in [-0.2, 0) is 38.6 Å². The SMILES string of the molecule is CC(C)(C)OC(=O)NOC(=O)[C@H]1CCc2cccc(Oc3ccc([N+](=O)[O-])cc3C(=O)OCc3ccccc3)c2C1. The number of non-ortho nitro benzene ring substituents is 1. The Morgan fingerprint density at radius 3 is 2.46 bits per heavy atom. The van der Waals surface area contributed by atoms with Gasteiger partial charge in [-0.25, -0.2) is 14.4 Å². The number of aryl methyl sites for hydroxylation is 1. The van der Waals surface area contributed by atoms with E-state index in [1.165, 1.54) is 12.1 Å². The van der Waals surface area contributed by atoms with Gasteiger partial charge in [-0.05, 0) is 68.9 Å². The van der Waals surface area contributed by atoms with E-state index >= 15 is 0 Å². The lowest BCUT2D eigenvalue weighted by molar-refractivity contribution is -0.384. The van der Waals surface area contributed by atoms with Crippen LogP contribution in [0.3, 0.4) is 0 Å². The first-order valence-corrected chi connectivity index (χ1v) is 13.0. The van der Waals surface area contributed by atoms with Crippen LogP contribution in [-0.4, -0.2) is 28.6 Å².